The van der Waals surface area contributed by atoms with Crippen LogP contribution in [0.1, 0.15) is 38.3 Å². The molecule has 112 valence electrons. The number of nitrogens with one attached hydrogen (secondary N) is 2. The van der Waals surface area contributed by atoms with Crippen molar-refractivity contribution in [3.8, 4) is 0 Å². The molecule has 1 amide bonds. The van der Waals surface area contributed by atoms with Gasteiger partial charge >= 0.3 is 0 Å². The van der Waals surface area contributed by atoms with E-state index < -0.39 is 5.82 Å². The molecule has 0 aliphatic heterocycles. The molecule has 0 aliphatic rings. The van der Waals surface area contributed by atoms with E-state index in [1.807, 2.05) is 13.8 Å². The van der Waals surface area contributed by atoms with Crippen LogP contribution in [0.5, 0.6) is 0 Å². The second kappa shape index (κ2) is 8.45. The summed E-state index contributed by atoms with van der Waals surface area (Å²) < 4.78 is 13.4. The van der Waals surface area contributed by atoms with Crippen LogP contribution in [0.15, 0.2) is 12.1 Å². The third-order valence-electron chi connectivity index (χ3n) is 2.88. The fraction of sp³-hybridized carbons (Fsp3) is 0.500. The lowest BCUT2D eigenvalue weighted by Crippen LogP contribution is -2.29. The van der Waals surface area contributed by atoms with Crippen LogP contribution < -0.4 is 10.6 Å². The molecule has 3 nitrogen and oxygen atoms in total. The van der Waals surface area contributed by atoms with E-state index in [0.717, 1.165) is 6.42 Å². The SMILES string of the molecule is CCCNC(=O)CCNC(C)c1cc(F)c(Cl)cc1Cl. The van der Waals surface area contributed by atoms with E-state index >= 15 is 0 Å². The Morgan fingerprint density at radius 3 is 2.65 bits per heavy atom. The minimum atomic E-state index is -0.500. The molecule has 0 fully saturated rings. The molecule has 1 aromatic carbocycles. The Kier molecular flexibility index (Phi) is 7.27. The lowest BCUT2D eigenvalue weighted by atomic mass is 10.1. The zero-order valence-corrected chi connectivity index (χ0v) is 13.1. The standard InChI is InChI=1S/C14H19Cl2FN2O/c1-3-5-19-14(20)4-6-18-9(2)10-7-13(17)12(16)8-11(10)15/h7-9,18H,3-6H2,1-2H3,(H,19,20). The van der Waals surface area contributed by atoms with E-state index in [-0.39, 0.29) is 17.0 Å². The van der Waals surface area contributed by atoms with Crippen molar-refractivity contribution in [3.63, 3.8) is 0 Å². The number of amides is 1. The second-order valence-electron chi connectivity index (χ2n) is 4.56. The van der Waals surface area contributed by atoms with Crippen molar-refractivity contribution in [2.45, 2.75) is 32.7 Å². The van der Waals surface area contributed by atoms with Crippen LogP contribution in [0.3, 0.4) is 0 Å². The summed E-state index contributed by atoms with van der Waals surface area (Å²) in [5, 5.41) is 6.34. The number of hydrogen-bond donors (Lipinski definition) is 2. The average Bonchev–Trinajstić information content (AvgIpc) is 2.40. The molecule has 0 aliphatic carbocycles. The van der Waals surface area contributed by atoms with Gasteiger partial charge in [0.1, 0.15) is 5.82 Å². The molecule has 0 aromatic heterocycles. The van der Waals surface area contributed by atoms with Crippen molar-refractivity contribution in [3.05, 3.63) is 33.6 Å². The monoisotopic (exact) mass is 320 g/mol. The Bertz CT molecular complexity index is 469. The Morgan fingerprint density at radius 1 is 1.30 bits per heavy atom. The molecule has 0 radical (unpaired) electrons. The van der Waals surface area contributed by atoms with E-state index in [2.05, 4.69) is 10.6 Å². The van der Waals surface area contributed by atoms with Crippen LogP contribution in [0.4, 0.5) is 4.39 Å². The molecule has 0 bridgehead atoms. The van der Waals surface area contributed by atoms with Crippen molar-refractivity contribution in [2.75, 3.05) is 13.1 Å². The Balaban J connectivity index is 2.49. The summed E-state index contributed by atoms with van der Waals surface area (Å²) in [6.45, 7) is 5.04. The van der Waals surface area contributed by atoms with Gasteiger partial charge in [-0.3, -0.25) is 4.79 Å². The van der Waals surface area contributed by atoms with Crippen LogP contribution in [0.25, 0.3) is 0 Å². The van der Waals surface area contributed by atoms with Crippen LogP contribution in [-0.2, 0) is 4.79 Å². The third-order valence-corrected chi connectivity index (χ3v) is 3.50. The third kappa shape index (κ3) is 5.27. The van der Waals surface area contributed by atoms with E-state index in [4.69, 9.17) is 23.2 Å². The molecule has 1 rings (SSSR count). The van der Waals surface area contributed by atoms with Gasteiger partial charge in [-0.2, -0.15) is 0 Å². The molecule has 1 atom stereocenters. The van der Waals surface area contributed by atoms with Crippen LogP contribution in [-0.4, -0.2) is 19.0 Å². The number of halogens is 3. The number of carbonyl (C=O) groups is 1. The largest absolute Gasteiger partial charge is 0.356 e. The van der Waals surface area contributed by atoms with Gasteiger partial charge in [0.05, 0.1) is 5.02 Å². The lowest BCUT2D eigenvalue weighted by Gasteiger charge is -2.16. The van der Waals surface area contributed by atoms with Gasteiger partial charge in [0.25, 0.3) is 0 Å². The van der Waals surface area contributed by atoms with Gasteiger partial charge in [-0.05, 0) is 31.0 Å². The molecule has 0 saturated heterocycles. The maximum atomic E-state index is 13.4. The molecule has 6 heteroatoms. The zero-order valence-electron chi connectivity index (χ0n) is 11.6. The summed E-state index contributed by atoms with van der Waals surface area (Å²) in [4.78, 5) is 11.4. The summed E-state index contributed by atoms with van der Waals surface area (Å²) >= 11 is 11.7. The van der Waals surface area contributed by atoms with Crippen LogP contribution in [0.2, 0.25) is 10.0 Å². The highest BCUT2D eigenvalue weighted by Crippen LogP contribution is 2.28. The second-order valence-corrected chi connectivity index (χ2v) is 5.38. The summed E-state index contributed by atoms with van der Waals surface area (Å²) in [5.74, 6) is -0.500. The van der Waals surface area contributed by atoms with Crippen molar-refractivity contribution in [2.24, 2.45) is 0 Å². The maximum absolute atomic E-state index is 13.4. The van der Waals surface area contributed by atoms with Crippen LogP contribution in [0, 0.1) is 5.82 Å². The van der Waals surface area contributed by atoms with Crippen molar-refractivity contribution >= 4 is 29.1 Å². The smallest absolute Gasteiger partial charge is 0.221 e. The van der Waals surface area contributed by atoms with E-state index in [0.29, 0.717) is 30.1 Å². The molecular weight excluding hydrogens is 302 g/mol. The number of rotatable bonds is 7. The van der Waals surface area contributed by atoms with Gasteiger partial charge in [-0.25, -0.2) is 4.39 Å². The molecule has 0 saturated carbocycles. The van der Waals surface area contributed by atoms with E-state index in [1.54, 1.807) is 0 Å². The molecule has 1 unspecified atom stereocenters. The highest BCUT2D eigenvalue weighted by molar-refractivity contribution is 6.35. The minimum Gasteiger partial charge on any atom is -0.356 e. The van der Waals surface area contributed by atoms with E-state index in [9.17, 15) is 9.18 Å². The molecule has 2 N–H and O–H groups in total. The average molecular weight is 321 g/mol. The van der Waals surface area contributed by atoms with Gasteiger partial charge < -0.3 is 10.6 Å². The molecule has 0 heterocycles. The van der Waals surface area contributed by atoms with Gasteiger partial charge in [0.15, 0.2) is 0 Å². The predicted octanol–water partition coefficient (Wildman–Crippen LogP) is 3.70. The highest BCUT2D eigenvalue weighted by Gasteiger charge is 2.13. The predicted molar refractivity (Wildman–Crippen MR) is 80.8 cm³/mol. The fourth-order valence-corrected chi connectivity index (χ4v) is 2.28. The van der Waals surface area contributed by atoms with Gasteiger partial charge in [0.2, 0.25) is 5.91 Å². The molecule has 0 spiro atoms. The maximum Gasteiger partial charge on any atom is 0.221 e. The first-order valence-electron chi connectivity index (χ1n) is 6.60. The Hall–Kier alpha value is -0.840. The zero-order chi connectivity index (χ0) is 15.1. The summed E-state index contributed by atoms with van der Waals surface area (Å²) in [5.41, 5.74) is 0.627. The van der Waals surface area contributed by atoms with Crippen molar-refractivity contribution in [1.82, 2.24) is 10.6 Å². The van der Waals surface area contributed by atoms with Crippen molar-refractivity contribution < 1.29 is 9.18 Å². The number of benzene rings is 1. The minimum absolute atomic E-state index is 0.0000615. The topological polar surface area (TPSA) is 41.1 Å². The van der Waals surface area contributed by atoms with Gasteiger partial charge in [-0.15, -0.1) is 0 Å². The summed E-state index contributed by atoms with van der Waals surface area (Å²) in [6, 6.07) is 2.55. The Morgan fingerprint density at radius 2 is 2.00 bits per heavy atom. The summed E-state index contributed by atoms with van der Waals surface area (Å²) in [7, 11) is 0. The molecule has 20 heavy (non-hydrogen) atoms. The van der Waals surface area contributed by atoms with Crippen molar-refractivity contribution in [1.29, 1.82) is 0 Å². The lowest BCUT2D eigenvalue weighted by molar-refractivity contribution is -0.121. The fourth-order valence-electron chi connectivity index (χ4n) is 1.73. The summed E-state index contributed by atoms with van der Waals surface area (Å²) in [6.07, 6.45) is 1.28. The molecular formula is C14H19Cl2FN2O. The van der Waals surface area contributed by atoms with E-state index in [1.165, 1.54) is 12.1 Å². The number of carbonyl (C=O) groups excluding carboxylic acids is 1. The Labute approximate surface area is 128 Å². The van der Waals surface area contributed by atoms with Gasteiger partial charge in [-0.1, -0.05) is 30.1 Å². The first-order valence-corrected chi connectivity index (χ1v) is 7.35. The quantitative estimate of drug-likeness (QED) is 0.752. The molecule has 1 aromatic rings. The highest BCUT2D eigenvalue weighted by atomic mass is 35.5. The normalized spacial score (nSPS) is 12.2. The first-order chi connectivity index (χ1) is 9.45. The first kappa shape index (κ1) is 17.2. The van der Waals surface area contributed by atoms with Crippen LogP contribution >= 0.6 is 23.2 Å². The van der Waals surface area contributed by atoms with Gasteiger partial charge in [0, 0.05) is 30.6 Å². The number of hydrogen-bond acceptors (Lipinski definition) is 2.